The van der Waals surface area contributed by atoms with E-state index in [1.807, 2.05) is 0 Å². The van der Waals surface area contributed by atoms with Gasteiger partial charge in [-0.15, -0.1) is 0 Å². The van der Waals surface area contributed by atoms with Crippen molar-refractivity contribution in [3.05, 3.63) is 35.1 Å². The predicted molar refractivity (Wildman–Crippen MR) is 99.8 cm³/mol. The minimum Gasteiger partial charge on any atom is -0.451 e. The molecule has 1 heterocycles. The quantitative estimate of drug-likeness (QED) is 0.719. The van der Waals surface area contributed by atoms with E-state index in [0.29, 0.717) is 5.92 Å². The molecule has 0 aromatic carbocycles. The lowest BCUT2D eigenvalue weighted by molar-refractivity contribution is -0.163. The molecule has 0 aromatic heterocycles. The Balaban J connectivity index is 1.42. The average Bonchev–Trinajstić information content (AvgIpc) is 3.27. The van der Waals surface area contributed by atoms with Crippen molar-refractivity contribution in [1.82, 2.24) is 0 Å². The van der Waals surface area contributed by atoms with Crippen LogP contribution in [0.3, 0.4) is 0 Å². The lowest BCUT2D eigenvalue weighted by Crippen LogP contribution is -2.53. The minimum absolute atomic E-state index is 0.119. The van der Waals surface area contributed by atoms with Gasteiger partial charge in [0.25, 0.3) is 0 Å². The van der Waals surface area contributed by atoms with E-state index in [2.05, 4.69) is 19.1 Å². The van der Waals surface area contributed by atoms with Crippen molar-refractivity contribution in [2.24, 2.45) is 40.7 Å². The van der Waals surface area contributed by atoms with Crippen molar-refractivity contribution in [3.8, 4) is 0 Å². The number of ether oxygens (including phenoxy) is 1. The summed E-state index contributed by atoms with van der Waals surface area (Å²) in [7, 11) is 0. The summed E-state index contributed by atoms with van der Waals surface area (Å²) in [4.78, 5) is 12.0. The maximum Gasteiger partial charge on any atom is 0.331 e. The normalized spacial score (nSPS) is 50.7. The Hall–Kier alpha value is -1.51. The molecule has 3 fully saturated rings. The Bertz CT molecular complexity index is 792. The summed E-state index contributed by atoms with van der Waals surface area (Å²) >= 11 is 0. The van der Waals surface area contributed by atoms with Crippen molar-refractivity contribution in [3.63, 3.8) is 0 Å². The zero-order valence-corrected chi connectivity index (χ0v) is 15.7. The van der Waals surface area contributed by atoms with Crippen LogP contribution in [0.4, 0.5) is 0 Å². The molecule has 1 aliphatic heterocycles. The van der Waals surface area contributed by atoms with Gasteiger partial charge in [-0.3, -0.25) is 0 Å². The zero-order chi connectivity index (χ0) is 17.7. The monoisotopic (exact) mass is 351 g/mol. The van der Waals surface area contributed by atoms with Crippen LogP contribution in [0.2, 0.25) is 0 Å². The van der Waals surface area contributed by atoms with Crippen LogP contribution in [0.15, 0.2) is 35.1 Å². The molecular weight excluding hydrogens is 322 g/mol. The first-order chi connectivity index (χ1) is 12.6. The van der Waals surface area contributed by atoms with Crippen molar-refractivity contribution in [2.45, 2.75) is 63.9 Å². The molecule has 6 aliphatic rings. The summed E-state index contributed by atoms with van der Waals surface area (Å²) in [6.45, 7) is 2.34. The Labute approximate surface area is 155 Å². The molecule has 3 heteroatoms. The summed E-state index contributed by atoms with van der Waals surface area (Å²) in [6.07, 6.45) is 15.7. The van der Waals surface area contributed by atoms with Crippen LogP contribution in [0.25, 0.3) is 0 Å². The maximum absolute atomic E-state index is 12.0. The van der Waals surface area contributed by atoms with Crippen LogP contribution in [0.5, 0.6) is 0 Å². The Morgan fingerprint density at radius 1 is 1.23 bits per heavy atom. The van der Waals surface area contributed by atoms with Crippen molar-refractivity contribution in [1.29, 1.82) is 0 Å². The van der Waals surface area contributed by atoms with Crippen molar-refractivity contribution in [2.75, 3.05) is 0 Å². The average molecular weight is 351 g/mol. The van der Waals surface area contributed by atoms with Crippen LogP contribution < -0.4 is 5.73 Å². The fourth-order valence-corrected chi connectivity index (χ4v) is 8.18. The molecule has 7 atom stereocenters. The Morgan fingerprint density at radius 3 is 2.88 bits per heavy atom. The van der Waals surface area contributed by atoms with Crippen LogP contribution in [0.1, 0.15) is 58.3 Å². The van der Waals surface area contributed by atoms with E-state index in [0.717, 1.165) is 48.6 Å². The molecule has 6 rings (SSSR count). The van der Waals surface area contributed by atoms with Gasteiger partial charge in [0.1, 0.15) is 5.60 Å². The second-order valence-corrected chi connectivity index (χ2v) is 9.73. The van der Waals surface area contributed by atoms with Crippen molar-refractivity contribution >= 4 is 5.97 Å². The number of hydrogen-bond acceptors (Lipinski definition) is 3. The van der Waals surface area contributed by atoms with Gasteiger partial charge < -0.3 is 10.5 Å². The first-order valence-electron chi connectivity index (χ1n) is 10.7. The van der Waals surface area contributed by atoms with Crippen LogP contribution in [0, 0.1) is 35.0 Å². The lowest BCUT2D eigenvalue weighted by atomic mass is 9.51. The maximum atomic E-state index is 12.0. The SMILES string of the molecule is CC[C@]12CCC3C4=C(C=C(N)CC4)C4CC4C3C1CC[C@@]21C=CC(=O)O1. The van der Waals surface area contributed by atoms with Crippen LogP contribution in [-0.2, 0) is 9.53 Å². The van der Waals surface area contributed by atoms with Crippen molar-refractivity contribution < 1.29 is 9.53 Å². The summed E-state index contributed by atoms with van der Waals surface area (Å²) in [6, 6.07) is 0. The van der Waals surface area contributed by atoms with Gasteiger partial charge in [0.05, 0.1) is 0 Å². The first-order valence-corrected chi connectivity index (χ1v) is 10.7. The highest BCUT2D eigenvalue weighted by Gasteiger charge is 2.69. The third-order valence-corrected chi connectivity index (χ3v) is 9.19. The van der Waals surface area contributed by atoms with Gasteiger partial charge in [-0.1, -0.05) is 12.5 Å². The number of nitrogens with two attached hydrogens (primary N) is 1. The van der Waals surface area contributed by atoms with E-state index in [9.17, 15) is 4.79 Å². The molecular formula is C23H29NO2. The standard InChI is InChI=1S/C23H29NO2/c1-2-22-8-5-15-14-4-3-13(24)11-16(14)17-12-18(17)21(15)19(22)6-9-23(22)10-7-20(25)26-23/h7,10-11,15,17-19,21H,2-6,8-9,12,24H2,1H3/t15?,17?,18?,19?,21?,22-,23+/m0/s1. The zero-order valence-electron chi connectivity index (χ0n) is 15.7. The topological polar surface area (TPSA) is 52.3 Å². The minimum atomic E-state index is -0.301. The molecule has 0 aromatic rings. The van der Waals surface area contributed by atoms with Gasteiger partial charge >= 0.3 is 5.97 Å². The molecule has 5 aliphatic carbocycles. The number of fused-ring (bicyclic) bond motifs is 8. The molecule has 0 amide bonds. The van der Waals surface area contributed by atoms with Crippen LogP contribution in [-0.4, -0.2) is 11.6 Å². The van der Waals surface area contributed by atoms with Gasteiger partial charge in [0.15, 0.2) is 0 Å². The summed E-state index contributed by atoms with van der Waals surface area (Å²) < 4.78 is 6.03. The van der Waals surface area contributed by atoms with Gasteiger partial charge in [-0.2, -0.15) is 0 Å². The molecule has 3 nitrogen and oxygen atoms in total. The molecule has 5 unspecified atom stereocenters. The predicted octanol–water partition coefficient (Wildman–Crippen LogP) is 4.25. The van der Waals surface area contributed by atoms with E-state index in [1.165, 1.54) is 32.1 Å². The number of allylic oxidation sites excluding steroid dienone is 4. The molecule has 26 heavy (non-hydrogen) atoms. The lowest BCUT2D eigenvalue weighted by Gasteiger charge is -2.55. The smallest absolute Gasteiger partial charge is 0.331 e. The first kappa shape index (κ1) is 15.5. The van der Waals surface area contributed by atoms with Gasteiger partial charge in [0.2, 0.25) is 0 Å². The highest BCUT2D eigenvalue weighted by Crippen LogP contribution is 2.72. The number of carbonyl (C=O) groups is 1. The van der Waals surface area contributed by atoms with Gasteiger partial charge in [-0.05, 0) is 98.7 Å². The number of esters is 1. The second kappa shape index (κ2) is 4.85. The largest absolute Gasteiger partial charge is 0.451 e. The van der Waals surface area contributed by atoms with E-state index in [-0.39, 0.29) is 17.0 Å². The Kier molecular flexibility index (Phi) is 2.90. The van der Waals surface area contributed by atoms with E-state index in [4.69, 9.17) is 10.5 Å². The molecule has 3 saturated carbocycles. The molecule has 0 bridgehead atoms. The Morgan fingerprint density at radius 2 is 2.12 bits per heavy atom. The highest BCUT2D eigenvalue weighted by atomic mass is 16.6. The molecule has 0 saturated heterocycles. The summed E-state index contributed by atoms with van der Waals surface area (Å²) in [5.41, 5.74) is 10.5. The van der Waals surface area contributed by atoms with Gasteiger partial charge in [0, 0.05) is 17.2 Å². The second-order valence-electron chi connectivity index (χ2n) is 9.73. The van der Waals surface area contributed by atoms with Crippen LogP contribution >= 0.6 is 0 Å². The fourth-order valence-electron chi connectivity index (χ4n) is 8.18. The van der Waals surface area contributed by atoms with E-state index >= 15 is 0 Å². The molecule has 2 N–H and O–H groups in total. The number of rotatable bonds is 1. The number of carbonyl (C=O) groups excluding carboxylic acids is 1. The summed E-state index contributed by atoms with van der Waals surface area (Å²) in [5, 5.41) is 0. The molecule has 138 valence electrons. The van der Waals surface area contributed by atoms with E-state index in [1.54, 1.807) is 17.2 Å². The molecule has 0 radical (unpaired) electrons. The number of hydrogen-bond donors (Lipinski definition) is 1. The third kappa shape index (κ3) is 1.69. The molecule has 1 spiro atoms. The fraction of sp³-hybridized carbons (Fsp3) is 0.696. The van der Waals surface area contributed by atoms with E-state index < -0.39 is 0 Å². The highest BCUT2D eigenvalue weighted by molar-refractivity contribution is 5.85. The summed E-state index contributed by atoms with van der Waals surface area (Å²) in [5.74, 6) is 3.80. The van der Waals surface area contributed by atoms with Gasteiger partial charge in [-0.25, -0.2) is 4.79 Å². The third-order valence-electron chi connectivity index (χ3n) is 9.19.